The fourth-order valence-corrected chi connectivity index (χ4v) is 2.85. The number of hydrogen-bond donors (Lipinski definition) is 5. The summed E-state index contributed by atoms with van der Waals surface area (Å²) in [6, 6.07) is -0.301. The van der Waals surface area contributed by atoms with Crippen LogP contribution in [0.25, 0.3) is 11.2 Å². The molecule has 11 nitrogen and oxygen atoms in total. The van der Waals surface area contributed by atoms with Gasteiger partial charge in [-0.1, -0.05) is 0 Å². The zero-order chi connectivity index (χ0) is 15.9. The number of hydrogen-bond acceptors (Lipinski definition) is 7. The molecule has 2 aromatic heterocycles. The van der Waals surface area contributed by atoms with Gasteiger partial charge in [-0.2, -0.15) is 4.98 Å². The van der Waals surface area contributed by atoms with Crippen molar-refractivity contribution in [3.8, 4) is 0 Å². The fourth-order valence-electron chi connectivity index (χ4n) is 2.47. The van der Waals surface area contributed by atoms with Crippen LogP contribution in [0.1, 0.15) is 6.04 Å². The van der Waals surface area contributed by atoms with E-state index in [1.807, 2.05) is 0 Å². The molecule has 3 heterocycles. The summed E-state index contributed by atoms with van der Waals surface area (Å²) >= 11 is 0. The third-order valence-electron chi connectivity index (χ3n) is 3.39. The third kappa shape index (κ3) is 2.89. The first kappa shape index (κ1) is 15.1. The van der Waals surface area contributed by atoms with E-state index in [1.54, 1.807) is 4.57 Å². The molecule has 1 fully saturated rings. The third-order valence-corrected chi connectivity index (χ3v) is 3.88. The van der Waals surface area contributed by atoms with Crippen LogP contribution in [-0.4, -0.2) is 54.8 Å². The maximum absolute atomic E-state index is 11.8. The van der Waals surface area contributed by atoms with Crippen LogP contribution < -0.4 is 16.6 Å². The van der Waals surface area contributed by atoms with Gasteiger partial charge in [-0.3, -0.25) is 14.3 Å². The summed E-state index contributed by atoms with van der Waals surface area (Å²) in [7, 11) is -4.25. The predicted molar refractivity (Wildman–Crippen MR) is 76.3 cm³/mol. The first-order chi connectivity index (χ1) is 10.3. The Labute approximate surface area is 123 Å². The number of anilines is 1. The highest BCUT2D eigenvalue weighted by Gasteiger charge is 2.32. The normalized spacial score (nSPS) is 22.5. The summed E-state index contributed by atoms with van der Waals surface area (Å²) in [5.41, 5.74) is 5.55. The topological polar surface area (TPSA) is 168 Å². The van der Waals surface area contributed by atoms with Crippen LogP contribution in [0, 0.1) is 0 Å². The summed E-state index contributed by atoms with van der Waals surface area (Å²) in [4.78, 5) is 40.0. The number of rotatable bonds is 4. The Morgan fingerprint density at radius 3 is 3.00 bits per heavy atom. The van der Waals surface area contributed by atoms with Gasteiger partial charge in [0, 0.05) is 13.1 Å². The van der Waals surface area contributed by atoms with E-state index in [1.165, 1.54) is 6.33 Å². The van der Waals surface area contributed by atoms with Crippen molar-refractivity contribution in [2.75, 3.05) is 25.2 Å². The lowest BCUT2D eigenvalue weighted by Gasteiger charge is -2.21. The van der Waals surface area contributed by atoms with Crippen molar-refractivity contribution < 1.29 is 19.1 Å². The number of aromatic amines is 1. The Morgan fingerprint density at radius 1 is 1.50 bits per heavy atom. The number of imidazole rings is 1. The van der Waals surface area contributed by atoms with Crippen LogP contribution >= 0.6 is 7.60 Å². The number of fused-ring (bicyclic) bond motifs is 1. The molecule has 0 aliphatic carbocycles. The van der Waals surface area contributed by atoms with E-state index in [-0.39, 0.29) is 17.5 Å². The lowest BCUT2D eigenvalue weighted by atomic mass is 10.2. The number of nitrogens with zero attached hydrogens (tertiary/aromatic N) is 3. The van der Waals surface area contributed by atoms with Gasteiger partial charge in [0.2, 0.25) is 5.95 Å². The molecule has 6 N–H and O–H groups in total. The molecule has 22 heavy (non-hydrogen) atoms. The van der Waals surface area contributed by atoms with Crippen molar-refractivity contribution in [3.05, 3.63) is 16.7 Å². The summed E-state index contributed by atoms with van der Waals surface area (Å²) in [6.07, 6.45) is 0.295. The fraction of sp³-hybridized carbons (Fsp3) is 0.500. The molecule has 3 rings (SSSR count). The lowest BCUT2D eigenvalue weighted by molar-refractivity contribution is 0.0625. The number of aromatic nitrogens is 4. The molecule has 12 heteroatoms. The van der Waals surface area contributed by atoms with Crippen LogP contribution in [0.5, 0.6) is 0 Å². The van der Waals surface area contributed by atoms with Gasteiger partial charge in [-0.15, -0.1) is 0 Å². The summed E-state index contributed by atoms with van der Waals surface area (Å²) in [5.74, 6) is -0.0297. The molecule has 1 saturated heterocycles. The van der Waals surface area contributed by atoms with E-state index >= 15 is 0 Å². The number of ether oxygens (including phenoxy) is 1. The van der Waals surface area contributed by atoms with E-state index in [0.29, 0.717) is 18.7 Å². The zero-order valence-electron chi connectivity index (χ0n) is 11.3. The maximum Gasteiger partial charge on any atom is 0.350 e. The molecule has 0 radical (unpaired) electrons. The molecule has 120 valence electrons. The number of H-pyrrole nitrogens is 1. The second kappa shape index (κ2) is 5.45. The molecule has 2 atom stereocenters. The first-order valence-corrected chi connectivity index (χ1v) is 8.24. The van der Waals surface area contributed by atoms with Gasteiger partial charge < -0.3 is 30.1 Å². The second-order valence-corrected chi connectivity index (χ2v) is 6.59. The number of nitrogens with one attached hydrogen (secondary N) is 2. The Kier molecular flexibility index (Phi) is 3.75. The Balaban J connectivity index is 1.93. The number of nitrogens with two attached hydrogens (primary N) is 1. The monoisotopic (exact) mass is 330 g/mol. The molecule has 1 unspecified atom stereocenters. The van der Waals surface area contributed by atoms with Crippen molar-refractivity contribution in [1.82, 2.24) is 24.8 Å². The second-order valence-electron chi connectivity index (χ2n) is 5.00. The van der Waals surface area contributed by atoms with E-state index in [4.69, 9.17) is 20.3 Å². The van der Waals surface area contributed by atoms with Crippen LogP contribution in [0.3, 0.4) is 0 Å². The quantitative estimate of drug-likeness (QED) is 0.413. The molecular formula is C10H15N6O5P. The molecule has 0 spiro atoms. The van der Waals surface area contributed by atoms with Gasteiger partial charge in [-0.25, -0.2) is 4.98 Å². The van der Waals surface area contributed by atoms with E-state index in [0.717, 1.165) is 0 Å². The van der Waals surface area contributed by atoms with Crippen molar-refractivity contribution in [2.24, 2.45) is 0 Å². The molecule has 1 aliphatic rings. The molecular weight excluding hydrogens is 315 g/mol. The van der Waals surface area contributed by atoms with Gasteiger partial charge in [0.15, 0.2) is 11.2 Å². The Hall–Kier alpha value is -1.78. The average Bonchev–Trinajstić information content (AvgIpc) is 3.00. The summed E-state index contributed by atoms with van der Waals surface area (Å²) in [5, 5.41) is 3.07. The summed E-state index contributed by atoms with van der Waals surface area (Å²) in [6.45, 7) is 0.911. The molecule has 2 aromatic rings. The SMILES string of the molecule is Nc1nc2c(ncn2C2CNC[C@H]2OCP(=O)(O)O)c(=O)[nH]1. The number of nitrogen functional groups attached to an aromatic ring is 1. The van der Waals surface area contributed by atoms with Crippen LogP contribution in [0.4, 0.5) is 5.95 Å². The minimum atomic E-state index is -4.25. The molecule has 0 saturated carbocycles. The molecule has 1 aliphatic heterocycles. The highest BCUT2D eigenvalue weighted by Crippen LogP contribution is 2.36. The molecule has 0 bridgehead atoms. The standard InChI is InChI=1S/C10H15N6O5P/c11-10-14-8-7(9(17)15-10)13-3-16(8)5-1-12-2-6(5)21-4-22(18,19)20/h3,5-6,12H,1-2,4H2,(H2,18,19,20)(H3,11,14,15,17)/t5?,6-/m1/s1. The van der Waals surface area contributed by atoms with Crippen LogP contribution in [0.15, 0.2) is 11.1 Å². The van der Waals surface area contributed by atoms with Gasteiger partial charge in [0.1, 0.15) is 6.35 Å². The summed E-state index contributed by atoms with van der Waals surface area (Å²) < 4.78 is 17.9. The van der Waals surface area contributed by atoms with Crippen molar-refractivity contribution in [1.29, 1.82) is 0 Å². The van der Waals surface area contributed by atoms with Gasteiger partial charge in [0.25, 0.3) is 5.56 Å². The maximum atomic E-state index is 11.8. The average molecular weight is 330 g/mol. The smallest absolute Gasteiger partial charge is 0.350 e. The largest absolute Gasteiger partial charge is 0.369 e. The highest BCUT2D eigenvalue weighted by atomic mass is 31.2. The predicted octanol–water partition coefficient (Wildman–Crippen LogP) is -1.63. The van der Waals surface area contributed by atoms with E-state index in [9.17, 15) is 9.36 Å². The van der Waals surface area contributed by atoms with Gasteiger partial charge >= 0.3 is 7.60 Å². The van der Waals surface area contributed by atoms with Gasteiger partial charge in [-0.05, 0) is 0 Å². The van der Waals surface area contributed by atoms with Crippen molar-refractivity contribution >= 4 is 24.7 Å². The first-order valence-electron chi connectivity index (χ1n) is 6.44. The van der Waals surface area contributed by atoms with Crippen LogP contribution in [-0.2, 0) is 9.30 Å². The van der Waals surface area contributed by atoms with E-state index in [2.05, 4.69) is 20.3 Å². The minimum absolute atomic E-state index is 0.0297. The minimum Gasteiger partial charge on any atom is -0.369 e. The lowest BCUT2D eigenvalue weighted by Crippen LogP contribution is -2.26. The molecule has 0 aromatic carbocycles. The van der Waals surface area contributed by atoms with Crippen LogP contribution in [0.2, 0.25) is 0 Å². The van der Waals surface area contributed by atoms with E-state index < -0.39 is 25.6 Å². The highest BCUT2D eigenvalue weighted by molar-refractivity contribution is 7.51. The van der Waals surface area contributed by atoms with Crippen molar-refractivity contribution in [3.63, 3.8) is 0 Å². The van der Waals surface area contributed by atoms with Gasteiger partial charge in [0.05, 0.1) is 18.5 Å². The molecule has 0 amide bonds. The zero-order valence-corrected chi connectivity index (χ0v) is 12.2. The Morgan fingerprint density at radius 2 is 2.27 bits per heavy atom. The van der Waals surface area contributed by atoms with Crippen molar-refractivity contribution in [2.45, 2.75) is 12.1 Å². The Bertz CT molecular complexity index is 797.